The second-order valence-electron chi connectivity index (χ2n) is 3.76. The first-order valence-corrected chi connectivity index (χ1v) is 5.49. The summed E-state index contributed by atoms with van der Waals surface area (Å²) in [4.78, 5) is 6.62. The van der Waals surface area contributed by atoms with Crippen molar-refractivity contribution in [2.75, 3.05) is 18.0 Å². The van der Waals surface area contributed by atoms with Gasteiger partial charge in [-0.3, -0.25) is 0 Å². The molecule has 0 aliphatic heterocycles. The Morgan fingerprint density at radius 1 is 1.40 bits per heavy atom. The summed E-state index contributed by atoms with van der Waals surface area (Å²) < 4.78 is 0. The number of aromatic nitrogens is 1. The summed E-state index contributed by atoms with van der Waals surface area (Å²) in [6.45, 7) is 9.94. The van der Waals surface area contributed by atoms with Crippen LogP contribution in [-0.4, -0.2) is 23.2 Å². The van der Waals surface area contributed by atoms with Crippen LogP contribution in [0.2, 0.25) is 0 Å². The van der Waals surface area contributed by atoms with Gasteiger partial charge in [-0.1, -0.05) is 0 Å². The van der Waals surface area contributed by atoms with E-state index in [1.807, 2.05) is 13.0 Å². The predicted molar refractivity (Wildman–Crippen MR) is 63.2 cm³/mol. The molecule has 1 N–H and O–H groups in total. The van der Waals surface area contributed by atoms with Crippen molar-refractivity contribution in [3.8, 4) is 0 Å². The lowest BCUT2D eigenvalue weighted by Crippen LogP contribution is -2.24. The van der Waals surface area contributed by atoms with E-state index in [0.717, 1.165) is 30.0 Å². The van der Waals surface area contributed by atoms with Gasteiger partial charge in [0.05, 0.1) is 6.10 Å². The minimum Gasteiger partial charge on any atom is -0.389 e. The average molecular weight is 208 g/mol. The van der Waals surface area contributed by atoms with E-state index in [2.05, 4.69) is 23.7 Å². The molecule has 1 aromatic heterocycles. The van der Waals surface area contributed by atoms with Gasteiger partial charge in [0.15, 0.2) is 0 Å². The van der Waals surface area contributed by atoms with Crippen molar-refractivity contribution in [2.24, 2.45) is 0 Å². The molecule has 0 aromatic carbocycles. The van der Waals surface area contributed by atoms with E-state index < -0.39 is 6.10 Å². The van der Waals surface area contributed by atoms with Crippen LogP contribution in [0, 0.1) is 6.92 Å². The summed E-state index contributed by atoms with van der Waals surface area (Å²) in [6.07, 6.45) is 1.31. The molecule has 0 saturated heterocycles. The van der Waals surface area contributed by atoms with Crippen LogP contribution in [-0.2, 0) is 0 Å². The van der Waals surface area contributed by atoms with Gasteiger partial charge < -0.3 is 10.0 Å². The van der Waals surface area contributed by atoms with Crippen LogP contribution in [0.3, 0.4) is 0 Å². The van der Waals surface area contributed by atoms with Crippen molar-refractivity contribution in [3.05, 3.63) is 23.4 Å². The Hall–Kier alpha value is -1.09. The molecule has 0 bridgehead atoms. The second-order valence-corrected chi connectivity index (χ2v) is 3.76. The fourth-order valence-corrected chi connectivity index (χ4v) is 1.67. The Morgan fingerprint density at radius 2 is 2.00 bits per heavy atom. The van der Waals surface area contributed by atoms with Gasteiger partial charge in [0, 0.05) is 19.3 Å². The van der Waals surface area contributed by atoms with Crippen molar-refractivity contribution in [3.63, 3.8) is 0 Å². The summed E-state index contributed by atoms with van der Waals surface area (Å²) in [6, 6.07) is 2.01. The van der Waals surface area contributed by atoms with Gasteiger partial charge >= 0.3 is 0 Å². The Bertz CT molecular complexity index is 319. The number of pyridine rings is 1. The molecule has 0 saturated carbocycles. The van der Waals surface area contributed by atoms with Crippen LogP contribution in [0.1, 0.15) is 38.0 Å². The molecule has 0 spiro atoms. The first kappa shape index (κ1) is 12.0. The third kappa shape index (κ3) is 2.69. The van der Waals surface area contributed by atoms with Crippen molar-refractivity contribution in [1.29, 1.82) is 0 Å². The second kappa shape index (κ2) is 5.12. The van der Waals surface area contributed by atoms with Crippen LogP contribution < -0.4 is 4.90 Å². The maximum atomic E-state index is 9.44. The third-order valence-corrected chi connectivity index (χ3v) is 2.62. The molecule has 0 amide bonds. The van der Waals surface area contributed by atoms with E-state index >= 15 is 0 Å². The number of nitrogens with zero attached hydrogens (tertiary/aromatic N) is 2. The third-order valence-electron chi connectivity index (χ3n) is 2.62. The summed E-state index contributed by atoms with van der Waals surface area (Å²) >= 11 is 0. The quantitative estimate of drug-likeness (QED) is 0.824. The van der Waals surface area contributed by atoms with Crippen molar-refractivity contribution in [2.45, 2.75) is 33.8 Å². The zero-order chi connectivity index (χ0) is 11.4. The molecular weight excluding hydrogens is 188 g/mol. The first-order valence-electron chi connectivity index (χ1n) is 5.49. The Labute approximate surface area is 91.8 Å². The standard InChI is InChI=1S/C12H20N2O/c1-5-14(6-2)12-9(3)7-11(8-13-12)10(4)15/h7-8,10,15H,5-6H2,1-4H3/t10-/m1/s1. The lowest BCUT2D eigenvalue weighted by atomic mass is 10.1. The molecule has 1 rings (SSSR count). The number of anilines is 1. The molecule has 0 radical (unpaired) electrons. The monoisotopic (exact) mass is 208 g/mol. The molecule has 1 heterocycles. The fraction of sp³-hybridized carbons (Fsp3) is 0.583. The molecule has 1 atom stereocenters. The van der Waals surface area contributed by atoms with Crippen LogP contribution in [0.25, 0.3) is 0 Å². The molecule has 1 aromatic rings. The van der Waals surface area contributed by atoms with E-state index in [0.29, 0.717) is 0 Å². The molecule has 0 aliphatic rings. The predicted octanol–water partition coefficient (Wildman–Crippen LogP) is 2.29. The lowest BCUT2D eigenvalue weighted by Gasteiger charge is -2.22. The minimum atomic E-state index is -0.443. The SMILES string of the molecule is CCN(CC)c1ncc([C@@H](C)O)cc1C. The number of rotatable bonds is 4. The van der Waals surface area contributed by atoms with E-state index in [9.17, 15) is 5.11 Å². The molecule has 0 aliphatic carbocycles. The van der Waals surface area contributed by atoms with E-state index in [4.69, 9.17) is 0 Å². The molecular formula is C12H20N2O. The van der Waals surface area contributed by atoms with Gasteiger partial charge in [-0.15, -0.1) is 0 Å². The topological polar surface area (TPSA) is 36.4 Å². The molecule has 84 valence electrons. The van der Waals surface area contributed by atoms with E-state index in [1.54, 1.807) is 13.1 Å². The highest BCUT2D eigenvalue weighted by Gasteiger charge is 2.09. The molecule has 15 heavy (non-hydrogen) atoms. The van der Waals surface area contributed by atoms with E-state index in [-0.39, 0.29) is 0 Å². The number of hydrogen-bond acceptors (Lipinski definition) is 3. The highest BCUT2D eigenvalue weighted by molar-refractivity contribution is 5.47. The zero-order valence-corrected chi connectivity index (χ0v) is 9.99. The maximum Gasteiger partial charge on any atom is 0.131 e. The van der Waals surface area contributed by atoms with Crippen molar-refractivity contribution >= 4 is 5.82 Å². The first-order chi connectivity index (χ1) is 7.10. The number of aryl methyl sites for hydroxylation is 1. The van der Waals surface area contributed by atoms with Gasteiger partial charge in [0.1, 0.15) is 5.82 Å². The van der Waals surface area contributed by atoms with Crippen LogP contribution >= 0.6 is 0 Å². The van der Waals surface area contributed by atoms with Gasteiger partial charge in [-0.25, -0.2) is 4.98 Å². The van der Waals surface area contributed by atoms with Crippen molar-refractivity contribution < 1.29 is 5.11 Å². The average Bonchev–Trinajstić information content (AvgIpc) is 2.21. The lowest BCUT2D eigenvalue weighted by molar-refractivity contribution is 0.199. The smallest absolute Gasteiger partial charge is 0.131 e. The number of aliphatic hydroxyl groups excluding tert-OH is 1. The summed E-state index contributed by atoms with van der Waals surface area (Å²) in [5.74, 6) is 1.02. The van der Waals surface area contributed by atoms with E-state index in [1.165, 1.54) is 0 Å². The molecule has 0 fully saturated rings. The molecule has 0 unspecified atom stereocenters. The number of aliphatic hydroxyl groups is 1. The highest BCUT2D eigenvalue weighted by atomic mass is 16.3. The summed E-state index contributed by atoms with van der Waals surface area (Å²) in [5, 5.41) is 9.44. The fourth-order valence-electron chi connectivity index (χ4n) is 1.67. The Balaban J connectivity index is 3.02. The minimum absolute atomic E-state index is 0.443. The largest absolute Gasteiger partial charge is 0.389 e. The Morgan fingerprint density at radius 3 is 2.40 bits per heavy atom. The summed E-state index contributed by atoms with van der Waals surface area (Å²) in [5.41, 5.74) is 2.00. The van der Waals surface area contributed by atoms with Crippen LogP contribution in [0.4, 0.5) is 5.82 Å². The maximum absolute atomic E-state index is 9.44. The van der Waals surface area contributed by atoms with Gasteiger partial charge in [0.2, 0.25) is 0 Å². The normalized spacial score (nSPS) is 12.6. The van der Waals surface area contributed by atoms with Crippen LogP contribution in [0.5, 0.6) is 0 Å². The highest BCUT2D eigenvalue weighted by Crippen LogP contribution is 2.20. The van der Waals surface area contributed by atoms with Crippen molar-refractivity contribution in [1.82, 2.24) is 4.98 Å². The van der Waals surface area contributed by atoms with Gasteiger partial charge in [-0.2, -0.15) is 0 Å². The Kier molecular flexibility index (Phi) is 4.09. The summed E-state index contributed by atoms with van der Waals surface area (Å²) in [7, 11) is 0. The zero-order valence-electron chi connectivity index (χ0n) is 9.99. The molecule has 3 heteroatoms. The van der Waals surface area contributed by atoms with Gasteiger partial charge in [-0.05, 0) is 44.9 Å². The van der Waals surface area contributed by atoms with Crippen LogP contribution in [0.15, 0.2) is 12.3 Å². The number of hydrogen-bond donors (Lipinski definition) is 1. The molecule has 3 nitrogen and oxygen atoms in total. The van der Waals surface area contributed by atoms with Gasteiger partial charge in [0.25, 0.3) is 0 Å².